The number of hydrogen-bond donors (Lipinski definition) is 6. The highest BCUT2D eigenvalue weighted by atomic mass is 16.5. The molecule has 1 saturated heterocycles. The third-order valence-electron chi connectivity index (χ3n) is 3.00. The van der Waals surface area contributed by atoms with Crippen LogP contribution in [-0.2, 0) is 4.74 Å². The smallest absolute Gasteiger partial charge is 0.111 e. The predicted octanol–water partition coefficient (Wildman–Crippen LogP) is -3.64. The van der Waals surface area contributed by atoms with Crippen LogP contribution in [0.25, 0.3) is 0 Å². The zero-order valence-electron chi connectivity index (χ0n) is 8.94. The molecule has 0 aromatic heterocycles. The molecule has 0 aromatic carbocycles. The molecule has 1 heterocycles. The molecule has 0 aliphatic carbocycles. The van der Waals surface area contributed by atoms with Gasteiger partial charge in [-0.25, -0.2) is 0 Å². The lowest BCUT2D eigenvalue weighted by molar-refractivity contribution is -0.239. The van der Waals surface area contributed by atoms with E-state index in [1.165, 1.54) is 0 Å². The highest BCUT2D eigenvalue weighted by Gasteiger charge is 2.45. The second kappa shape index (κ2) is 5.87. The lowest BCUT2D eigenvalue weighted by atomic mass is 9.88. The van der Waals surface area contributed by atoms with Crippen LogP contribution in [0.2, 0.25) is 0 Å². The number of rotatable bonds is 4. The Labute approximate surface area is 93.6 Å². The van der Waals surface area contributed by atoms with Gasteiger partial charge in [0.25, 0.3) is 0 Å². The Morgan fingerprint density at radius 3 is 2.00 bits per heavy atom. The summed E-state index contributed by atoms with van der Waals surface area (Å²) in [6.07, 6.45) is -5.63. The van der Waals surface area contributed by atoms with E-state index < -0.39 is 37.1 Å². The van der Waals surface area contributed by atoms with E-state index >= 15 is 0 Å². The van der Waals surface area contributed by atoms with Gasteiger partial charge in [0.05, 0.1) is 12.7 Å². The van der Waals surface area contributed by atoms with Crippen LogP contribution in [0.15, 0.2) is 0 Å². The normalized spacial score (nSPS) is 40.3. The average molecular weight is 236 g/mol. The van der Waals surface area contributed by atoms with Gasteiger partial charge in [0.1, 0.15) is 24.4 Å². The Balaban J connectivity index is 2.77. The van der Waals surface area contributed by atoms with Crippen LogP contribution in [0, 0.1) is 5.92 Å². The molecular weight excluding hydrogens is 216 g/mol. The van der Waals surface area contributed by atoms with Crippen molar-refractivity contribution in [3.63, 3.8) is 0 Å². The van der Waals surface area contributed by atoms with Gasteiger partial charge in [-0.2, -0.15) is 0 Å². The second-order valence-corrected chi connectivity index (χ2v) is 4.02. The van der Waals surface area contributed by atoms with Gasteiger partial charge in [-0.05, 0) is 13.1 Å². The highest BCUT2D eigenvalue weighted by molar-refractivity contribution is 4.94. The van der Waals surface area contributed by atoms with E-state index in [-0.39, 0.29) is 19.0 Å². The Kier molecular flexibility index (Phi) is 5.06. The molecule has 0 amide bonds. The number of ether oxygens (including phenoxy) is 1. The lowest BCUT2D eigenvalue weighted by Gasteiger charge is -2.42. The predicted molar refractivity (Wildman–Crippen MR) is 55.4 cm³/mol. The second-order valence-electron chi connectivity index (χ2n) is 4.02. The first-order valence-electron chi connectivity index (χ1n) is 5.27. The zero-order valence-corrected chi connectivity index (χ0v) is 8.94. The molecule has 0 saturated carbocycles. The number of hydrogen-bond acceptors (Lipinski definition) is 7. The number of aliphatic hydroxyl groups is 4. The van der Waals surface area contributed by atoms with E-state index in [9.17, 15) is 15.3 Å². The first-order chi connectivity index (χ1) is 7.56. The van der Waals surface area contributed by atoms with Crippen molar-refractivity contribution in [3.05, 3.63) is 0 Å². The molecule has 16 heavy (non-hydrogen) atoms. The molecule has 1 aliphatic rings. The van der Waals surface area contributed by atoms with E-state index in [1.807, 2.05) is 0 Å². The quantitative estimate of drug-likeness (QED) is 0.295. The zero-order chi connectivity index (χ0) is 12.3. The van der Waals surface area contributed by atoms with Crippen molar-refractivity contribution >= 4 is 0 Å². The van der Waals surface area contributed by atoms with Gasteiger partial charge >= 0.3 is 0 Å². The fourth-order valence-corrected chi connectivity index (χ4v) is 1.88. The molecule has 0 aromatic rings. The van der Waals surface area contributed by atoms with Crippen molar-refractivity contribution < 1.29 is 25.2 Å². The van der Waals surface area contributed by atoms with Gasteiger partial charge in [-0.3, -0.25) is 0 Å². The molecule has 1 rings (SSSR count). The minimum Gasteiger partial charge on any atom is -0.394 e. The summed E-state index contributed by atoms with van der Waals surface area (Å²) in [5.74, 6) is -0.328. The maximum absolute atomic E-state index is 9.73. The van der Waals surface area contributed by atoms with Gasteiger partial charge < -0.3 is 36.6 Å². The molecule has 7 nitrogen and oxygen atoms in total. The fraction of sp³-hybridized carbons (Fsp3) is 1.00. The molecule has 96 valence electrons. The monoisotopic (exact) mass is 236 g/mol. The van der Waals surface area contributed by atoms with Gasteiger partial charge in [-0.15, -0.1) is 0 Å². The average Bonchev–Trinajstić information content (AvgIpc) is 2.30. The van der Waals surface area contributed by atoms with E-state index in [1.54, 1.807) is 0 Å². The molecule has 7 heteroatoms. The Bertz CT molecular complexity index is 209. The van der Waals surface area contributed by atoms with Crippen LogP contribution >= 0.6 is 0 Å². The van der Waals surface area contributed by atoms with Gasteiger partial charge in [0, 0.05) is 5.92 Å². The molecule has 0 unspecified atom stereocenters. The summed E-state index contributed by atoms with van der Waals surface area (Å²) >= 11 is 0. The van der Waals surface area contributed by atoms with Crippen molar-refractivity contribution in [3.8, 4) is 0 Å². The topological polar surface area (TPSA) is 142 Å². The van der Waals surface area contributed by atoms with E-state index in [0.717, 1.165) is 0 Å². The van der Waals surface area contributed by atoms with Crippen LogP contribution in [-0.4, -0.2) is 70.6 Å². The minimum atomic E-state index is -1.36. The summed E-state index contributed by atoms with van der Waals surface area (Å²) in [7, 11) is 0. The maximum Gasteiger partial charge on any atom is 0.111 e. The third-order valence-corrected chi connectivity index (χ3v) is 3.00. The standard InChI is InChI=1S/C9H20N2O5/c10-1-4(2-11)9-8(15)7(14)6(13)5(3-12)16-9/h4-9,12-15H,1-3,10-11H2/t5-,6+,7+,8-,9+/m1/s1. The Hall–Kier alpha value is -0.280. The Morgan fingerprint density at radius 2 is 1.56 bits per heavy atom. The van der Waals surface area contributed by atoms with Crippen LogP contribution < -0.4 is 11.5 Å². The van der Waals surface area contributed by atoms with Gasteiger partial charge in [0.15, 0.2) is 0 Å². The summed E-state index contributed by atoms with van der Waals surface area (Å²) in [5.41, 5.74) is 10.9. The first-order valence-corrected chi connectivity index (χ1v) is 5.27. The molecule has 0 bridgehead atoms. The van der Waals surface area contributed by atoms with Gasteiger partial charge in [0.2, 0.25) is 0 Å². The van der Waals surface area contributed by atoms with E-state index in [2.05, 4.69) is 0 Å². The Morgan fingerprint density at radius 1 is 1.00 bits per heavy atom. The van der Waals surface area contributed by atoms with Crippen molar-refractivity contribution in [1.29, 1.82) is 0 Å². The molecule has 0 spiro atoms. The molecule has 0 radical (unpaired) electrons. The fourth-order valence-electron chi connectivity index (χ4n) is 1.88. The first kappa shape index (κ1) is 13.8. The summed E-state index contributed by atoms with van der Waals surface area (Å²) in [4.78, 5) is 0. The molecule has 1 fully saturated rings. The third kappa shape index (κ3) is 2.51. The van der Waals surface area contributed by atoms with E-state index in [0.29, 0.717) is 0 Å². The number of nitrogens with two attached hydrogens (primary N) is 2. The summed E-state index contributed by atoms with van der Waals surface area (Å²) in [5, 5.41) is 37.8. The van der Waals surface area contributed by atoms with Crippen LogP contribution in [0.1, 0.15) is 0 Å². The molecule has 8 N–H and O–H groups in total. The van der Waals surface area contributed by atoms with E-state index in [4.69, 9.17) is 21.3 Å². The highest BCUT2D eigenvalue weighted by Crippen LogP contribution is 2.25. The summed E-state index contributed by atoms with van der Waals surface area (Å²) in [6.45, 7) is -0.0539. The molecule has 1 aliphatic heterocycles. The van der Waals surface area contributed by atoms with Crippen LogP contribution in [0.4, 0.5) is 0 Å². The minimum absolute atomic E-state index is 0.194. The van der Waals surface area contributed by atoms with Gasteiger partial charge in [-0.1, -0.05) is 0 Å². The summed E-state index contributed by atoms with van der Waals surface area (Å²) < 4.78 is 5.30. The van der Waals surface area contributed by atoms with Crippen molar-refractivity contribution in [1.82, 2.24) is 0 Å². The molecular formula is C9H20N2O5. The van der Waals surface area contributed by atoms with Crippen LogP contribution in [0.5, 0.6) is 0 Å². The maximum atomic E-state index is 9.73. The number of aliphatic hydroxyl groups excluding tert-OH is 4. The van der Waals surface area contributed by atoms with Crippen molar-refractivity contribution in [2.45, 2.75) is 30.5 Å². The SMILES string of the molecule is NCC(CN)[C@@H]1O[C@H](CO)[C@H](O)[C@H](O)[C@H]1O. The van der Waals surface area contributed by atoms with Crippen molar-refractivity contribution in [2.24, 2.45) is 17.4 Å². The van der Waals surface area contributed by atoms with Crippen molar-refractivity contribution in [2.75, 3.05) is 19.7 Å². The molecule has 5 atom stereocenters. The van der Waals surface area contributed by atoms with Crippen LogP contribution in [0.3, 0.4) is 0 Å². The summed E-state index contributed by atoms with van der Waals surface area (Å²) in [6, 6.07) is 0. The lowest BCUT2D eigenvalue weighted by Crippen LogP contribution is -2.61. The largest absolute Gasteiger partial charge is 0.394 e.